The lowest BCUT2D eigenvalue weighted by Crippen LogP contribution is -2.49. The molecule has 28 heavy (non-hydrogen) atoms. The lowest BCUT2D eigenvalue weighted by Gasteiger charge is -2.35. The lowest BCUT2D eigenvalue weighted by molar-refractivity contribution is 0.0746. The first-order valence-electron chi connectivity index (χ1n) is 10.0. The number of piperidine rings is 1. The number of carbonyl (C=O) groups excluding carboxylic acids is 1. The SMILES string of the molecule is Cc1cc(N2CCCCC2)nc(N2CCN(C(=O)c3ccc(I)cc3)CC2)n1. The summed E-state index contributed by atoms with van der Waals surface area (Å²) in [5.41, 5.74) is 1.76. The number of nitrogens with zero attached hydrogens (tertiary/aromatic N) is 5. The van der Waals surface area contributed by atoms with Gasteiger partial charge in [0.1, 0.15) is 5.82 Å². The van der Waals surface area contributed by atoms with Gasteiger partial charge in [0, 0.05) is 60.2 Å². The fourth-order valence-electron chi connectivity index (χ4n) is 3.85. The van der Waals surface area contributed by atoms with Crippen LogP contribution in [0, 0.1) is 10.5 Å². The molecule has 2 aliphatic rings. The maximum atomic E-state index is 12.7. The van der Waals surface area contributed by atoms with Crippen LogP contribution >= 0.6 is 22.6 Å². The summed E-state index contributed by atoms with van der Waals surface area (Å²) < 4.78 is 1.14. The number of aryl methyl sites for hydroxylation is 1. The second-order valence-corrected chi connectivity index (χ2v) is 8.75. The van der Waals surface area contributed by atoms with Crippen molar-refractivity contribution in [2.75, 3.05) is 49.1 Å². The number of aromatic nitrogens is 2. The molecule has 0 N–H and O–H groups in total. The van der Waals surface area contributed by atoms with Crippen LogP contribution in [0.4, 0.5) is 11.8 Å². The Hall–Kier alpha value is -1.90. The summed E-state index contributed by atoms with van der Waals surface area (Å²) in [6.45, 7) is 7.11. The Morgan fingerprint density at radius 1 is 0.893 bits per heavy atom. The van der Waals surface area contributed by atoms with E-state index in [1.165, 1.54) is 19.3 Å². The Kier molecular flexibility index (Phi) is 5.99. The third kappa shape index (κ3) is 4.39. The second kappa shape index (κ2) is 8.63. The predicted molar refractivity (Wildman–Crippen MR) is 120 cm³/mol. The van der Waals surface area contributed by atoms with Crippen LogP contribution in [0.2, 0.25) is 0 Å². The van der Waals surface area contributed by atoms with E-state index in [9.17, 15) is 4.79 Å². The van der Waals surface area contributed by atoms with Crippen LogP contribution in [0.3, 0.4) is 0 Å². The van der Waals surface area contributed by atoms with Crippen molar-refractivity contribution >= 4 is 40.3 Å². The van der Waals surface area contributed by atoms with Gasteiger partial charge in [0.05, 0.1) is 0 Å². The average molecular weight is 491 g/mol. The van der Waals surface area contributed by atoms with E-state index in [0.29, 0.717) is 13.1 Å². The molecule has 0 bridgehead atoms. The largest absolute Gasteiger partial charge is 0.356 e. The van der Waals surface area contributed by atoms with E-state index in [1.54, 1.807) is 0 Å². The maximum Gasteiger partial charge on any atom is 0.253 e. The summed E-state index contributed by atoms with van der Waals surface area (Å²) in [6, 6.07) is 9.86. The molecule has 0 aliphatic carbocycles. The molecule has 2 aliphatic heterocycles. The number of anilines is 2. The third-order valence-corrected chi connectivity index (χ3v) is 6.17. The molecule has 0 saturated carbocycles. The normalized spacial score (nSPS) is 17.7. The van der Waals surface area contributed by atoms with E-state index < -0.39 is 0 Å². The number of benzene rings is 1. The quantitative estimate of drug-likeness (QED) is 0.617. The van der Waals surface area contributed by atoms with Crippen molar-refractivity contribution in [3.63, 3.8) is 0 Å². The van der Waals surface area contributed by atoms with Gasteiger partial charge >= 0.3 is 0 Å². The first-order chi connectivity index (χ1) is 13.6. The summed E-state index contributed by atoms with van der Waals surface area (Å²) >= 11 is 2.26. The van der Waals surface area contributed by atoms with E-state index in [2.05, 4.69) is 43.4 Å². The molecule has 2 aromatic rings. The fourth-order valence-corrected chi connectivity index (χ4v) is 4.21. The van der Waals surface area contributed by atoms with Gasteiger partial charge in [0.15, 0.2) is 0 Å². The highest BCUT2D eigenvalue weighted by Gasteiger charge is 2.24. The minimum Gasteiger partial charge on any atom is -0.356 e. The van der Waals surface area contributed by atoms with Crippen molar-refractivity contribution in [2.45, 2.75) is 26.2 Å². The van der Waals surface area contributed by atoms with E-state index >= 15 is 0 Å². The van der Waals surface area contributed by atoms with Gasteiger partial charge in [0.25, 0.3) is 5.91 Å². The highest BCUT2D eigenvalue weighted by Crippen LogP contribution is 2.22. The van der Waals surface area contributed by atoms with Gasteiger partial charge in [-0.25, -0.2) is 4.98 Å². The number of halogens is 1. The van der Waals surface area contributed by atoms with Crippen molar-refractivity contribution in [3.05, 3.63) is 45.2 Å². The van der Waals surface area contributed by atoms with Crippen LogP contribution in [0.25, 0.3) is 0 Å². The van der Waals surface area contributed by atoms with E-state index in [4.69, 9.17) is 4.98 Å². The number of rotatable bonds is 3. The lowest BCUT2D eigenvalue weighted by atomic mass is 10.1. The molecular formula is C21H26IN5O. The van der Waals surface area contributed by atoms with Gasteiger partial charge < -0.3 is 14.7 Å². The summed E-state index contributed by atoms with van der Waals surface area (Å²) in [7, 11) is 0. The monoisotopic (exact) mass is 491 g/mol. The Labute approximate surface area is 180 Å². The number of carbonyl (C=O) groups is 1. The molecule has 3 heterocycles. The standard InChI is InChI=1S/C21H26IN5O/c1-16-15-19(25-9-3-2-4-10-25)24-21(23-16)27-13-11-26(12-14-27)20(28)17-5-7-18(22)8-6-17/h5-8,15H,2-4,9-14H2,1H3. The molecule has 0 spiro atoms. The predicted octanol–water partition coefficient (Wildman–Crippen LogP) is 3.34. The molecule has 7 heteroatoms. The zero-order valence-corrected chi connectivity index (χ0v) is 18.4. The zero-order valence-electron chi connectivity index (χ0n) is 16.3. The van der Waals surface area contributed by atoms with E-state index in [-0.39, 0.29) is 5.91 Å². The van der Waals surface area contributed by atoms with Crippen molar-refractivity contribution in [1.82, 2.24) is 14.9 Å². The Balaban J connectivity index is 1.42. The highest BCUT2D eigenvalue weighted by atomic mass is 127. The number of hydrogen-bond acceptors (Lipinski definition) is 5. The van der Waals surface area contributed by atoms with Gasteiger partial charge in [-0.2, -0.15) is 4.98 Å². The molecule has 1 aromatic heterocycles. The van der Waals surface area contributed by atoms with Crippen LogP contribution < -0.4 is 9.80 Å². The van der Waals surface area contributed by atoms with Crippen molar-refractivity contribution in [1.29, 1.82) is 0 Å². The van der Waals surface area contributed by atoms with Crippen LogP contribution in [0.15, 0.2) is 30.3 Å². The molecule has 1 amide bonds. The van der Waals surface area contributed by atoms with Crippen molar-refractivity contribution in [2.24, 2.45) is 0 Å². The number of piperazine rings is 1. The summed E-state index contributed by atoms with van der Waals surface area (Å²) in [4.78, 5) is 28.8. The molecule has 148 valence electrons. The van der Waals surface area contributed by atoms with Gasteiger partial charge in [-0.3, -0.25) is 4.79 Å². The summed E-state index contributed by atoms with van der Waals surface area (Å²) in [6.07, 6.45) is 3.78. The summed E-state index contributed by atoms with van der Waals surface area (Å²) in [5, 5.41) is 0. The van der Waals surface area contributed by atoms with Gasteiger partial charge in [0.2, 0.25) is 5.95 Å². The van der Waals surface area contributed by atoms with Gasteiger partial charge in [-0.1, -0.05) is 0 Å². The van der Waals surface area contributed by atoms with Crippen LogP contribution in [-0.2, 0) is 0 Å². The molecule has 0 radical (unpaired) electrons. The van der Waals surface area contributed by atoms with Crippen molar-refractivity contribution in [3.8, 4) is 0 Å². The fraction of sp³-hybridized carbons (Fsp3) is 0.476. The van der Waals surface area contributed by atoms with Gasteiger partial charge in [-0.05, 0) is 73.0 Å². The molecule has 2 saturated heterocycles. The third-order valence-electron chi connectivity index (χ3n) is 5.45. The molecular weight excluding hydrogens is 465 g/mol. The minimum atomic E-state index is 0.107. The van der Waals surface area contributed by atoms with Crippen molar-refractivity contribution < 1.29 is 4.79 Å². The highest BCUT2D eigenvalue weighted by molar-refractivity contribution is 14.1. The van der Waals surface area contributed by atoms with Gasteiger partial charge in [-0.15, -0.1) is 0 Å². The van der Waals surface area contributed by atoms with Crippen LogP contribution in [0.5, 0.6) is 0 Å². The number of amides is 1. The van der Waals surface area contributed by atoms with Crippen LogP contribution in [-0.4, -0.2) is 60.0 Å². The molecule has 0 unspecified atom stereocenters. The topological polar surface area (TPSA) is 52.6 Å². The van der Waals surface area contributed by atoms with E-state index in [1.807, 2.05) is 36.1 Å². The Morgan fingerprint density at radius 3 is 2.25 bits per heavy atom. The first-order valence-corrected chi connectivity index (χ1v) is 11.1. The smallest absolute Gasteiger partial charge is 0.253 e. The molecule has 0 atom stereocenters. The molecule has 4 rings (SSSR count). The molecule has 1 aromatic carbocycles. The van der Waals surface area contributed by atoms with Crippen LogP contribution in [0.1, 0.15) is 35.3 Å². The average Bonchev–Trinajstić information content (AvgIpc) is 2.74. The maximum absolute atomic E-state index is 12.7. The second-order valence-electron chi connectivity index (χ2n) is 7.50. The minimum absolute atomic E-state index is 0.107. The number of hydrogen-bond donors (Lipinski definition) is 0. The first kappa shape index (κ1) is 19.4. The Morgan fingerprint density at radius 2 is 1.57 bits per heavy atom. The molecule has 6 nitrogen and oxygen atoms in total. The van der Waals surface area contributed by atoms with E-state index in [0.717, 1.165) is 52.8 Å². The summed E-state index contributed by atoms with van der Waals surface area (Å²) in [5.74, 6) is 1.94. The zero-order chi connectivity index (χ0) is 19.5. The molecule has 2 fully saturated rings. The Bertz CT molecular complexity index is 827.